The molecule has 0 aromatic heterocycles. The Morgan fingerprint density at radius 3 is 2.05 bits per heavy atom. The molecule has 0 aromatic rings. The summed E-state index contributed by atoms with van der Waals surface area (Å²) < 4.78 is 0. The Labute approximate surface area is 116 Å². The number of hydrogen-bond acceptors (Lipinski definition) is 2. The average Bonchev–Trinajstić information content (AvgIpc) is 2.35. The molecule has 112 valence electrons. The van der Waals surface area contributed by atoms with Crippen molar-refractivity contribution in [3.05, 3.63) is 0 Å². The predicted octanol–water partition coefficient (Wildman–Crippen LogP) is 2.75. The van der Waals surface area contributed by atoms with Crippen molar-refractivity contribution in [1.29, 1.82) is 0 Å². The second-order valence-corrected chi connectivity index (χ2v) is 5.34. The van der Waals surface area contributed by atoms with Gasteiger partial charge >= 0.3 is 12.0 Å². The zero-order chi connectivity index (χ0) is 15.1. The van der Waals surface area contributed by atoms with Gasteiger partial charge in [0.25, 0.3) is 0 Å². The van der Waals surface area contributed by atoms with Gasteiger partial charge in [0.05, 0.1) is 0 Å². The van der Waals surface area contributed by atoms with Crippen molar-refractivity contribution in [2.45, 2.75) is 71.9 Å². The molecule has 0 bridgehead atoms. The average molecular weight is 272 g/mol. The standard InChI is InChI=1S/C14H28N2O3/c1-6-10(4)9-11(5)15-13(19)16-14(7-2,8-3)12(17)18/h10-11H,6-9H2,1-5H3,(H,17,18)(H2,15,16,19). The third kappa shape index (κ3) is 5.49. The van der Waals surface area contributed by atoms with Crippen molar-refractivity contribution in [1.82, 2.24) is 10.6 Å². The monoisotopic (exact) mass is 272 g/mol. The number of carbonyl (C=O) groups excluding carboxylic acids is 1. The first-order chi connectivity index (χ1) is 8.81. The number of rotatable bonds is 8. The fourth-order valence-electron chi connectivity index (χ4n) is 2.09. The van der Waals surface area contributed by atoms with Crippen LogP contribution < -0.4 is 10.6 Å². The lowest BCUT2D eigenvalue weighted by Gasteiger charge is -2.29. The van der Waals surface area contributed by atoms with Crippen LogP contribution in [-0.2, 0) is 4.79 Å². The first kappa shape index (κ1) is 17.7. The van der Waals surface area contributed by atoms with E-state index in [1.54, 1.807) is 13.8 Å². The number of carboxylic acid groups (broad SMARTS) is 1. The van der Waals surface area contributed by atoms with E-state index in [1.807, 2.05) is 6.92 Å². The van der Waals surface area contributed by atoms with Crippen LogP contribution in [0.4, 0.5) is 4.79 Å². The van der Waals surface area contributed by atoms with Crippen LogP contribution in [0.1, 0.15) is 60.3 Å². The molecule has 5 heteroatoms. The van der Waals surface area contributed by atoms with E-state index in [1.165, 1.54) is 0 Å². The van der Waals surface area contributed by atoms with Gasteiger partial charge in [0.15, 0.2) is 0 Å². The number of nitrogens with one attached hydrogen (secondary N) is 2. The Morgan fingerprint density at radius 2 is 1.68 bits per heavy atom. The molecule has 0 aliphatic heterocycles. The van der Waals surface area contributed by atoms with Crippen molar-refractivity contribution in [2.24, 2.45) is 5.92 Å². The van der Waals surface area contributed by atoms with Gasteiger partial charge in [-0.3, -0.25) is 0 Å². The van der Waals surface area contributed by atoms with Crippen LogP contribution in [0.15, 0.2) is 0 Å². The van der Waals surface area contributed by atoms with Crippen LogP contribution >= 0.6 is 0 Å². The molecule has 0 aromatic carbocycles. The molecule has 0 heterocycles. The summed E-state index contributed by atoms with van der Waals surface area (Å²) in [7, 11) is 0. The van der Waals surface area contributed by atoms with E-state index in [2.05, 4.69) is 24.5 Å². The highest BCUT2D eigenvalue weighted by atomic mass is 16.4. The molecule has 0 saturated carbocycles. The predicted molar refractivity (Wildman–Crippen MR) is 76.2 cm³/mol. The third-order valence-corrected chi connectivity index (χ3v) is 3.80. The van der Waals surface area contributed by atoms with Crippen LogP contribution in [0, 0.1) is 5.92 Å². The molecule has 19 heavy (non-hydrogen) atoms. The lowest BCUT2D eigenvalue weighted by atomic mass is 9.93. The Hall–Kier alpha value is -1.26. The molecule has 3 N–H and O–H groups in total. The molecule has 2 unspecified atom stereocenters. The lowest BCUT2D eigenvalue weighted by Crippen LogP contribution is -2.57. The summed E-state index contributed by atoms with van der Waals surface area (Å²) in [6.07, 6.45) is 2.69. The van der Waals surface area contributed by atoms with Gasteiger partial charge in [-0.2, -0.15) is 0 Å². The van der Waals surface area contributed by atoms with E-state index in [-0.39, 0.29) is 6.04 Å². The molecule has 0 aliphatic rings. The zero-order valence-corrected chi connectivity index (χ0v) is 12.7. The minimum absolute atomic E-state index is 0.0372. The minimum Gasteiger partial charge on any atom is -0.480 e. The Balaban J connectivity index is 4.47. The van der Waals surface area contributed by atoms with E-state index in [0.29, 0.717) is 18.8 Å². The number of aliphatic carboxylic acids is 1. The number of carboxylic acids is 1. The summed E-state index contributed by atoms with van der Waals surface area (Å²) in [5.74, 6) is -0.445. The van der Waals surface area contributed by atoms with Crippen LogP contribution in [0.25, 0.3) is 0 Å². The molecule has 0 fully saturated rings. The minimum atomic E-state index is -1.17. The van der Waals surface area contributed by atoms with E-state index in [9.17, 15) is 14.7 Å². The van der Waals surface area contributed by atoms with Crippen molar-refractivity contribution in [2.75, 3.05) is 0 Å². The van der Waals surface area contributed by atoms with E-state index < -0.39 is 17.5 Å². The first-order valence-electron chi connectivity index (χ1n) is 7.13. The quantitative estimate of drug-likeness (QED) is 0.635. The fraction of sp³-hybridized carbons (Fsp3) is 0.857. The summed E-state index contributed by atoms with van der Waals surface area (Å²) in [5, 5.41) is 14.7. The largest absolute Gasteiger partial charge is 0.480 e. The van der Waals surface area contributed by atoms with E-state index in [0.717, 1.165) is 12.8 Å². The molecular formula is C14H28N2O3. The number of amides is 2. The Kier molecular flexibility index (Phi) is 7.49. The van der Waals surface area contributed by atoms with Crippen molar-refractivity contribution >= 4 is 12.0 Å². The molecule has 2 atom stereocenters. The van der Waals surface area contributed by atoms with E-state index in [4.69, 9.17) is 0 Å². The highest BCUT2D eigenvalue weighted by Gasteiger charge is 2.36. The molecule has 2 amide bonds. The normalized spacial score (nSPS) is 14.6. The summed E-state index contributed by atoms with van der Waals surface area (Å²) in [6, 6.07) is -0.364. The van der Waals surface area contributed by atoms with Crippen molar-refractivity contribution in [3.63, 3.8) is 0 Å². The Bertz CT molecular complexity index is 301. The van der Waals surface area contributed by atoms with Crippen molar-refractivity contribution < 1.29 is 14.7 Å². The van der Waals surface area contributed by atoms with Gasteiger partial charge in [0.1, 0.15) is 5.54 Å². The van der Waals surface area contributed by atoms with Gasteiger partial charge in [0, 0.05) is 6.04 Å². The number of carbonyl (C=O) groups is 2. The maximum Gasteiger partial charge on any atom is 0.329 e. The third-order valence-electron chi connectivity index (χ3n) is 3.80. The Morgan fingerprint density at radius 1 is 1.16 bits per heavy atom. The van der Waals surface area contributed by atoms with Crippen LogP contribution in [0.5, 0.6) is 0 Å². The second kappa shape index (κ2) is 8.02. The van der Waals surface area contributed by atoms with Gasteiger partial charge in [0.2, 0.25) is 0 Å². The molecular weight excluding hydrogens is 244 g/mol. The van der Waals surface area contributed by atoms with Crippen LogP contribution in [0.2, 0.25) is 0 Å². The SMILES string of the molecule is CCC(C)CC(C)NC(=O)NC(CC)(CC)C(=O)O. The van der Waals surface area contributed by atoms with Gasteiger partial charge in [-0.25, -0.2) is 9.59 Å². The van der Waals surface area contributed by atoms with Gasteiger partial charge in [-0.1, -0.05) is 34.1 Å². The second-order valence-electron chi connectivity index (χ2n) is 5.34. The smallest absolute Gasteiger partial charge is 0.329 e. The van der Waals surface area contributed by atoms with Gasteiger partial charge in [-0.05, 0) is 32.1 Å². The summed E-state index contributed by atoms with van der Waals surface area (Å²) in [4.78, 5) is 23.2. The van der Waals surface area contributed by atoms with Gasteiger partial charge in [-0.15, -0.1) is 0 Å². The highest BCUT2D eigenvalue weighted by Crippen LogP contribution is 2.15. The first-order valence-corrected chi connectivity index (χ1v) is 7.13. The highest BCUT2D eigenvalue weighted by molar-refractivity contribution is 5.86. The van der Waals surface area contributed by atoms with Crippen LogP contribution in [0.3, 0.4) is 0 Å². The van der Waals surface area contributed by atoms with Crippen molar-refractivity contribution in [3.8, 4) is 0 Å². The molecule has 5 nitrogen and oxygen atoms in total. The molecule has 0 aliphatic carbocycles. The number of urea groups is 1. The molecule has 0 rings (SSSR count). The number of hydrogen-bond donors (Lipinski definition) is 3. The zero-order valence-electron chi connectivity index (χ0n) is 12.7. The fourth-order valence-corrected chi connectivity index (χ4v) is 2.09. The maximum atomic E-state index is 11.9. The maximum absolute atomic E-state index is 11.9. The van der Waals surface area contributed by atoms with Gasteiger partial charge < -0.3 is 15.7 Å². The lowest BCUT2D eigenvalue weighted by molar-refractivity contribution is -0.144. The summed E-state index contributed by atoms with van der Waals surface area (Å²) in [5.41, 5.74) is -1.17. The molecule has 0 radical (unpaired) electrons. The topological polar surface area (TPSA) is 78.4 Å². The van der Waals surface area contributed by atoms with Crippen LogP contribution in [-0.4, -0.2) is 28.7 Å². The molecule has 0 spiro atoms. The summed E-state index contributed by atoms with van der Waals surface area (Å²) >= 11 is 0. The molecule has 0 saturated heterocycles. The summed E-state index contributed by atoms with van der Waals surface area (Å²) in [6.45, 7) is 9.71. The van der Waals surface area contributed by atoms with E-state index >= 15 is 0 Å².